The number of alkyl halides is 2. The third-order valence-electron chi connectivity index (χ3n) is 7.38. The van der Waals surface area contributed by atoms with Crippen molar-refractivity contribution in [1.29, 1.82) is 0 Å². The van der Waals surface area contributed by atoms with E-state index in [1.807, 2.05) is 0 Å². The number of ether oxygens (including phenoxy) is 1. The molecule has 3 aromatic carbocycles. The Morgan fingerprint density at radius 3 is 1.88 bits per heavy atom. The molecule has 1 heterocycles. The summed E-state index contributed by atoms with van der Waals surface area (Å²) in [5, 5.41) is 12.7. The second kappa shape index (κ2) is 12.6. The number of fused-ring (bicyclic) bond motifs is 1. The van der Waals surface area contributed by atoms with Gasteiger partial charge in [0.2, 0.25) is 0 Å². The van der Waals surface area contributed by atoms with Gasteiger partial charge in [-0.2, -0.15) is 5.01 Å². The molecule has 1 saturated heterocycles. The van der Waals surface area contributed by atoms with E-state index in [2.05, 4.69) is 31.9 Å². The Morgan fingerprint density at radius 2 is 1.35 bits per heavy atom. The predicted molar refractivity (Wildman–Crippen MR) is 160 cm³/mol. The highest BCUT2D eigenvalue weighted by Crippen LogP contribution is 2.43. The van der Waals surface area contributed by atoms with Crippen LogP contribution in [0.25, 0.3) is 0 Å². The summed E-state index contributed by atoms with van der Waals surface area (Å²) in [7, 11) is 0. The Balaban J connectivity index is 1.40. The molecule has 2 fully saturated rings. The zero-order chi connectivity index (χ0) is 30.8. The molecule has 1 aliphatic carbocycles. The Hall–Kier alpha value is -4.23. The molecule has 220 valence electrons. The first-order valence-electron chi connectivity index (χ1n) is 13.2. The van der Waals surface area contributed by atoms with Crippen molar-refractivity contribution in [2.45, 2.75) is 22.5 Å². The van der Waals surface area contributed by atoms with Crippen molar-refractivity contribution < 1.29 is 33.6 Å². The molecule has 3 aromatic rings. The lowest BCUT2D eigenvalue weighted by molar-refractivity contribution is -0.384. The van der Waals surface area contributed by atoms with Gasteiger partial charge in [-0.15, -0.1) is 0 Å². The Bertz CT molecular complexity index is 1570. The van der Waals surface area contributed by atoms with Crippen LogP contribution >= 0.6 is 31.9 Å². The second-order valence-electron chi connectivity index (χ2n) is 10.1. The lowest BCUT2D eigenvalue weighted by Gasteiger charge is -2.30. The van der Waals surface area contributed by atoms with Crippen molar-refractivity contribution in [1.82, 2.24) is 10.0 Å². The van der Waals surface area contributed by atoms with Crippen LogP contribution in [0.3, 0.4) is 0 Å². The minimum absolute atomic E-state index is 0.0474. The smallest absolute Gasteiger partial charge is 0.343 e. The van der Waals surface area contributed by atoms with E-state index in [1.165, 1.54) is 36.4 Å². The number of imide groups is 1. The molecule has 0 aromatic heterocycles. The van der Waals surface area contributed by atoms with Crippen LogP contribution in [0.5, 0.6) is 5.75 Å². The van der Waals surface area contributed by atoms with Crippen LogP contribution in [0, 0.1) is 22.0 Å². The van der Waals surface area contributed by atoms with E-state index in [1.54, 1.807) is 30.3 Å². The average Bonchev–Trinajstić information content (AvgIpc) is 3.24. The van der Waals surface area contributed by atoms with Crippen molar-refractivity contribution >= 4 is 67.0 Å². The number of benzene rings is 3. The highest BCUT2D eigenvalue weighted by molar-refractivity contribution is 9.12. The largest absolute Gasteiger partial charge is 0.423 e. The Kier molecular flexibility index (Phi) is 8.83. The summed E-state index contributed by atoms with van der Waals surface area (Å²) >= 11 is 7.07. The van der Waals surface area contributed by atoms with Crippen LogP contribution in [0.1, 0.15) is 43.9 Å². The summed E-state index contributed by atoms with van der Waals surface area (Å²) in [5.74, 6) is -4.37. The molecule has 5 rings (SSSR count). The third-order valence-corrected chi connectivity index (χ3v) is 10.1. The summed E-state index contributed by atoms with van der Waals surface area (Å²) in [6.45, 7) is -0.661. The van der Waals surface area contributed by atoms with E-state index >= 15 is 0 Å². The first-order chi connectivity index (χ1) is 20.5. The second-order valence-corrected chi connectivity index (χ2v) is 12.4. The molecule has 0 bridgehead atoms. The summed E-state index contributed by atoms with van der Waals surface area (Å²) in [5.41, 5.74) is 0.187. The fourth-order valence-electron chi connectivity index (χ4n) is 5.10. The number of non-ortho nitro benzene ring substituents is 1. The number of nitro groups is 1. The molecule has 43 heavy (non-hydrogen) atoms. The van der Waals surface area contributed by atoms with Crippen LogP contribution in [-0.2, 0) is 9.59 Å². The zero-order valence-corrected chi connectivity index (χ0v) is 25.5. The third kappa shape index (κ3) is 6.27. The minimum Gasteiger partial charge on any atom is -0.423 e. The number of nitrogens with zero attached hydrogens (tertiary/aromatic N) is 3. The summed E-state index contributed by atoms with van der Waals surface area (Å²) < 4.78 is 5.35. The van der Waals surface area contributed by atoms with Gasteiger partial charge in [0.1, 0.15) is 12.3 Å². The quantitative estimate of drug-likeness (QED) is 0.0606. The van der Waals surface area contributed by atoms with Gasteiger partial charge < -0.3 is 4.74 Å². The summed E-state index contributed by atoms with van der Waals surface area (Å²) in [4.78, 5) is 76.9. The molecular formula is C30H23Br2N3O8. The number of rotatable bonds is 8. The molecule has 13 heteroatoms. The maximum atomic E-state index is 13.7. The number of hydrogen-bond acceptors (Lipinski definition) is 8. The van der Waals surface area contributed by atoms with Gasteiger partial charge >= 0.3 is 5.97 Å². The van der Waals surface area contributed by atoms with Crippen LogP contribution in [0.4, 0.5) is 5.69 Å². The number of halogens is 2. The topological polar surface area (TPSA) is 144 Å². The number of ketones is 1. The van der Waals surface area contributed by atoms with Gasteiger partial charge in [0.15, 0.2) is 5.78 Å². The highest BCUT2D eigenvalue weighted by atomic mass is 79.9. The first kappa shape index (κ1) is 30.2. The van der Waals surface area contributed by atoms with Gasteiger partial charge in [0.05, 0.1) is 22.3 Å². The molecule has 0 N–H and O–H groups in total. The predicted octanol–water partition coefficient (Wildman–Crippen LogP) is 4.98. The van der Waals surface area contributed by atoms with Crippen molar-refractivity contribution in [2.75, 3.05) is 6.54 Å². The fraction of sp³-hybridized carbons (Fsp3) is 0.233. The van der Waals surface area contributed by atoms with Gasteiger partial charge in [-0.3, -0.25) is 29.3 Å². The van der Waals surface area contributed by atoms with Gasteiger partial charge in [-0.1, -0.05) is 50.1 Å². The molecule has 4 atom stereocenters. The maximum Gasteiger partial charge on any atom is 0.343 e. The Labute approximate surface area is 262 Å². The maximum absolute atomic E-state index is 13.7. The van der Waals surface area contributed by atoms with Crippen molar-refractivity contribution in [3.8, 4) is 5.75 Å². The molecule has 11 nitrogen and oxygen atoms in total. The van der Waals surface area contributed by atoms with E-state index in [0.29, 0.717) is 18.4 Å². The molecule has 0 spiro atoms. The molecule has 0 unspecified atom stereocenters. The monoisotopic (exact) mass is 711 g/mol. The standard InChI is InChI=1S/C30H23Br2N3O8/c31-24-14-22-23(15-25(24)32)29(39)34(28(22)38)33(27(37)18-6-10-20(11-7-18)35(41)42)16-26(36)17-8-12-21(13-9-17)43-30(40)19-4-2-1-3-5-19/h1-13,22-25H,14-16H2/t22-,23-,24+,25+/m1/s1. The number of amides is 3. The van der Waals surface area contributed by atoms with E-state index in [4.69, 9.17) is 4.74 Å². The van der Waals surface area contributed by atoms with Crippen molar-refractivity contribution in [2.24, 2.45) is 11.8 Å². The zero-order valence-electron chi connectivity index (χ0n) is 22.3. The van der Waals surface area contributed by atoms with E-state index in [9.17, 15) is 34.1 Å². The molecular weight excluding hydrogens is 690 g/mol. The van der Waals surface area contributed by atoms with Crippen molar-refractivity contribution in [3.05, 3.63) is 106 Å². The van der Waals surface area contributed by atoms with E-state index in [-0.39, 0.29) is 32.2 Å². The fourth-order valence-corrected chi connectivity index (χ4v) is 6.34. The Morgan fingerprint density at radius 1 is 0.814 bits per heavy atom. The lowest BCUT2D eigenvalue weighted by Crippen LogP contribution is -2.52. The number of esters is 1. The lowest BCUT2D eigenvalue weighted by atomic mass is 9.81. The number of carbonyl (C=O) groups is 5. The SMILES string of the molecule is O=C(CN(C(=O)c1ccc([N+](=O)[O-])cc1)N1C(=O)[C@@H]2C[C@H](Br)[C@@H](Br)C[C@H]2C1=O)c1ccc(OC(=O)c2ccccc2)cc1. The average molecular weight is 713 g/mol. The van der Waals surface area contributed by atoms with E-state index < -0.39 is 52.8 Å². The molecule has 1 saturated carbocycles. The number of Topliss-reactive ketones (excluding diaryl/α,β-unsaturated/α-hetero) is 1. The molecule has 2 aliphatic rings. The van der Waals surface area contributed by atoms with Gasteiger partial charge in [0.25, 0.3) is 23.4 Å². The normalized spacial score (nSPS) is 21.2. The van der Waals surface area contributed by atoms with Crippen LogP contribution in [0.15, 0.2) is 78.9 Å². The number of carbonyl (C=O) groups excluding carboxylic acids is 5. The molecule has 0 radical (unpaired) electrons. The summed E-state index contributed by atoms with van der Waals surface area (Å²) in [6.07, 6.45) is 0.719. The van der Waals surface area contributed by atoms with E-state index in [0.717, 1.165) is 22.2 Å². The van der Waals surface area contributed by atoms with Gasteiger partial charge in [-0.25, -0.2) is 9.80 Å². The van der Waals surface area contributed by atoms with Gasteiger partial charge in [0, 0.05) is 32.9 Å². The number of hydrogen-bond donors (Lipinski definition) is 0. The minimum atomic E-state index is -0.845. The number of nitro benzene ring substituents is 1. The van der Waals surface area contributed by atoms with Crippen LogP contribution in [-0.4, -0.2) is 60.6 Å². The first-order valence-corrected chi connectivity index (χ1v) is 15.0. The van der Waals surface area contributed by atoms with Gasteiger partial charge in [-0.05, 0) is 61.4 Å². The van der Waals surface area contributed by atoms with Crippen molar-refractivity contribution in [3.63, 3.8) is 0 Å². The van der Waals surface area contributed by atoms with Crippen LogP contribution < -0.4 is 4.74 Å². The molecule has 3 amide bonds. The van der Waals surface area contributed by atoms with Crippen LogP contribution in [0.2, 0.25) is 0 Å². The molecule has 1 aliphatic heterocycles. The number of hydrazine groups is 1. The summed E-state index contributed by atoms with van der Waals surface area (Å²) in [6, 6.07) is 18.7. The highest BCUT2D eigenvalue weighted by Gasteiger charge is 2.54.